The predicted molar refractivity (Wildman–Crippen MR) is 70.5 cm³/mol. The van der Waals surface area contributed by atoms with E-state index < -0.39 is 35.2 Å². The van der Waals surface area contributed by atoms with E-state index in [2.05, 4.69) is 0 Å². The minimum Gasteiger partial charge on any atom is -0.478 e. The quantitative estimate of drug-likeness (QED) is 0.948. The van der Waals surface area contributed by atoms with Gasteiger partial charge in [-0.15, -0.1) is 0 Å². The van der Waals surface area contributed by atoms with Crippen molar-refractivity contribution >= 4 is 16.7 Å². The van der Waals surface area contributed by atoms with Crippen molar-refractivity contribution in [2.24, 2.45) is 0 Å². The van der Waals surface area contributed by atoms with Gasteiger partial charge >= 0.3 is 5.97 Å². The van der Waals surface area contributed by atoms with Crippen LogP contribution in [0.15, 0.2) is 23.0 Å². The number of fused-ring (bicyclic) bond motifs is 1. The Balaban J connectivity index is 2.98. The molecule has 0 aliphatic carbocycles. The Bertz CT molecular complexity index is 791. The Morgan fingerprint density at radius 2 is 2.00 bits per heavy atom. The molecular formula is C14H12F3NO3. The Labute approximate surface area is 117 Å². The summed E-state index contributed by atoms with van der Waals surface area (Å²) in [5.74, 6) is -5.58. The first kappa shape index (κ1) is 15.1. The molecule has 21 heavy (non-hydrogen) atoms. The van der Waals surface area contributed by atoms with E-state index >= 15 is 0 Å². The van der Waals surface area contributed by atoms with Gasteiger partial charge < -0.3 is 9.67 Å². The third kappa shape index (κ3) is 2.63. The van der Waals surface area contributed by atoms with Gasteiger partial charge in [0, 0.05) is 18.0 Å². The van der Waals surface area contributed by atoms with Crippen molar-refractivity contribution < 1.29 is 23.1 Å². The van der Waals surface area contributed by atoms with Gasteiger partial charge in [-0.1, -0.05) is 12.1 Å². The van der Waals surface area contributed by atoms with E-state index in [-0.39, 0.29) is 16.6 Å². The van der Waals surface area contributed by atoms with E-state index in [9.17, 15) is 27.9 Å². The molecule has 0 unspecified atom stereocenters. The van der Waals surface area contributed by atoms with Crippen molar-refractivity contribution in [2.75, 3.05) is 0 Å². The van der Waals surface area contributed by atoms with Gasteiger partial charge in [-0.25, -0.2) is 18.0 Å². The molecule has 1 aromatic carbocycles. The number of halogens is 3. The Kier molecular flexibility index (Phi) is 3.52. The summed E-state index contributed by atoms with van der Waals surface area (Å²) in [7, 11) is 0. The number of carboxylic acid groups (broad SMARTS) is 1. The molecule has 2 aromatic rings. The number of nitrogens with zero attached hydrogens (tertiary/aromatic N) is 1. The van der Waals surface area contributed by atoms with Gasteiger partial charge in [0.2, 0.25) is 0 Å². The number of aromatic carboxylic acids is 1. The summed E-state index contributed by atoms with van der Waals surface area (Å²) in [5.41, 5.74) is -1.45. The molecule has 1 N–H and O–H groups in total. The minimum atomic E-state index is -3.23. The van der Waals surface area contributed by atoms with Gasteiger partial charge in [-0.2, -0.15) is 0 Å². The van der Waals surface area contributed by atoms with E-state index in [1.165, 1.54) is 19.1 Å². The smallest absolute Gasteiger partial charge is 0.338 e. The van der Waals surface area contributed by atoms with Gasteiger partial charge in [0.05, 0.1) is 17.5 Å². The fourth-order valence-corrected chi connectivity index (χ4v) is 2.30. The summed E-state index contributed by atoms with van der Waals surface area (Å²) < 4.78 is 40.8. The zero-order valence-electron chi connectivity index (χ0n) is 11.3. The Morgan fingerprint density at radius 1 is 1.38 bits per heavy atom. The van der Waals surface area contributed by atoms with Crippen molar-refractivity contribution in [1.82, 2.24) is 4.57 Å². The number of hydrogen-bond donors (Lipinski definition) is 1. The van der Waals surface area contributed by atoms with Crippen molar-refractivity contribution in [3.8, 4) is 0 Å². The summed E-state index contributed by atoms with van der Waals surface area (Å²) in [6, 6.07) is 3.53. The van der Waals surface area contributed by atoms with Crippen molar-refractivity contribution in [1.29, 1.82) is 0 Å². The Morgan fingerprint density at radius 3 is 2.52 bits per heavy atom. The highest BCUT2D eigenvalue weighted by Gasteiger charge is 2.27. The van der Waals surface area contributed by atoms with Gasteiger partial charge in [0.15, 0.2) is 0 Å². The SMILES string of the molecule is Cc1c(C(=O)O)c2cccc(F)c2c(=O)n1CC(C)(F)F. The highest BCUT2D eigenvalue weighted by Crippen LogP contribution is 2.23. The highest BCUT2D eigenvalue weighted by molar-refractivity contribution is 6.04. The first-order valence-corrected chi connectivity index (χ1v) is 6.06. The number of hydrogen-bond acceptors (Lipinski definition) is 2. The first-order valence-electron chi connectivity index (χ1n) is 6.06. The molecule has 0 atom stereocenters. The maximum Gasteiger partial charge on any atom is 0.338 e. The second kappa shape index (κ2) is 4.91. The van der Waals surface area contributed by atoms with Crippen LogP contribution >= 0.6 is 0 Å². The normalized spacial score (nSPS) is 11.9. The fraction of sp³-hybridized carbons (Fsp3) is 0.286. The minimum absolute atomic E-state index is 0.0966. The predicted octanol–water partition coefficient (Wildman–Crippen LogP) is 2.80. The average molecular weight is 299 g/mol. The Hall–Kier alpha value is -2.31. The molecule has 0 aliphatic rings. The van der Waals surface area contributed by atoms with Crippen molar-refractivity contribution in [3.05, 3.63) is 45.6 Å². The van der Waals surface area contributed by atoms with Gasteiger partial charge in [0.25, 0.3) is 11.5 Å². The van der Waals surface area contributed by atoms with E-state index in [1.807, 2.05) is 0 Å². The maximum atomic E-state index is 13.8. The van der Waals surface area contributed by atoms with Crippen LogP contribution in [0, 0.1) is 12.7 Å². The summed E-state index contributed by atoms with van der Waals surface area (Å²) >= 11 is 0. The molecule has 112 valence electrons. The number of aromatic nitrogens is 1. The van der Waals surface area contributed by atoms with Gasteiger partial charge in [-0.3, -0.25) is 4.79 Å². The summed E-state index contributed by atoms with van der Waals surface area (Å²) in [6.07, 6.45) is 0. The van der Waals surface area contributed by atoms with Crippen LogP contribution in [0.4, 0.5) is 13.2 Å². The number of carbonyl (C=O) groups is 1. The molecule has 0 amide bonds. The number of benzene rings is 1. The third-order valence-corrected chi connectivity index (χ3v) is 3.16. The summed E-state index contributed by atoms with van der Waals surface area (Å²) in [4.78, 5) is 23.6. The largest absolute Gasteiger partial charge is 0.478 e. The average Bonchev–Trinajstić information content (AvgIpc) is 2.32. The van der Waals surface area contributed by atoms with Crippen molar-refractivity contribution in [3.63, 3.8) is 0 Å². The molecule has 4 nitrogen and oxygen atoms in total. The van der Waals surface area contributed by atoms with Crippen LogP contribution in [0.5, 0.6) is 0 Å². The lowest BCUT2D eigenvalue weighted by atomic mass is 10.0. The lowest BCUT2D eigenvalue weighted by molar-refractivity contribution is 0.00237. The second-order valence-corrected chi connectivity index (χ2v) is 4.89. The topological polar surface area (TPSA) is 59.3 Å². The molecule has 0 fully saturated rings. The van der Waals surface area contributed by atoms with Crippen LogP contribution in [-0.4, -0.2) is 21.6 Å². The van der Waals surface area contributed by atoms with Crippen LogP contribution < -0.4 is 5.56 Å². The number of pyridine rings is 1. The van der Waals surface area contributed by atoms with Crippen LogP contribution in [0.3, 0.4) is 0 Å². The van der Waals surface area contributed by atoms with Crippen LogP contribution in [-0.2, 0) is 6.54 Å². The van der Waals surface area contributed by atoms with E-state index in [0.717, 1.165) is 6.07 Å². The van der Waals surface area contributed by atoms with Crippen LogP contribution in [0.25, 0.3) is 10.8 Å². The molecule has 0 radical (unpaired) electrons. The number of rotatable bonds is 3. The standard InChI is InChI=1S/C14H12F3NO3/c1-7-10(13(20)21)8-4-3-5-9(15)11(8)12(19)18(7)6-14(2,16)17/h3-5H,6H2,1-2H3,(H,20,21). The summed E-state index contributed by atoms with van der Waals surface area (Å²) in [5, 5.41) is 8.65. The van der Waals surface area contributed by atoms with E-state index in [4.69, 9.17) is 0 Å². The van der Waals surface area contributed by atoms with Crippen LogP contribution in [0.2, 0.25) is 0 Å². The first-order chi connectivity index (χ1) is 9.63. The lowest BCUT2D eigenvalue weighted by Crippen LogP contribution is -2.32. The molecule has 0 spiro atoms. The van der Waals surface area contributed by atoms with Crippen molar-refractivity contribution in [2.45, 2.75) is 26.3 Å². The molecule has 7 heteroatoms. The highest BCUT2D eigenvalue weighted by atomic mass is 19.3. The van der Waals surface area contributed by atoms with E-state index in [0.29, 0.717) is 11.5 Å². The van der Waals surface area contributed by atoms with Gasteiger partial charge in [0.1, 0.15) is 5.82 Å². The molecule has 2 rings (SSSR count). The molecule has 0 saturated carbocycles. The fourth-order valence-electron chi connectivity index (χ4n) is 2.30. The van der Waals surface area contributed by atoms with E-state index in [1.54, 1.807) is 0 Å². The molecule has 1 heterocycles. The molecule has 0 saturated heterocycles. The number of carboxylic acids is 1. The molecule has 0 aliphatic heterocycles. The molecule has 0 bridgehead atoms. The number of alkyl halides is 2. The van der Waals surface area contributed by atoms with Crippen LogP contribution in [0.1, 0.15) is 23.0 Å². The zero-order chi connectivity index (χ0) is 15.9. The second-order valence-electron chi connectivity index (χ2n) is 4.89. The summed E-state index contributed by atoms with van der Waals surface area (Å²) in [6.45, 7) is 0.841. The maximum absolute atomic E-state index is 13.8. The monoisotopic (exact) mass is 299 g/mol. The molecular weight excluding hydrogens is 287 g/mol. The molecule has 1 aromatic heterocycles. The zero-order valence-corrected chi connectivity index (χ0v) is 11.3. The van der Waals surface area contributed by atoms with Gasteiger partial charge in [-0.05, 0) is 13.0 Å². The lowest BCUT2D eigenvalue weighted by Gasteiger charge is -2.18. The third-order valence-electron chi connectivity index (χ3n) is 3.16.